The SMILES string of the molecule is CC(C)CNC(=O)c1cc(N)c(F)cc1F. The average Bonchev–Trinajstić information content (AvgIpc) is 2.20. The molecule has 3 nitrogen and oxygen atoms in total. The molecule has 0 aliphatic rings. The molecule has 0 aromatic heterocycles. The van der Waals surface area contributed by atoms with E-state index < -0.39 is 17.5 Å². The lowest BCUT2D eigenvalue weighted by Crippen LogP contribution is -2.28. The van der Waals surface area contributed by atoms with Crippen LogP contribution in [0.4, 0.5) is 14.5 Å². The number of nitrogens with two attached hydrogens (primary N) is 1. The van der Waals surface area contributed by atoms with Crippen LogP contribution in [-0.4, -0.2) is 12.5 Å². The van der Waals surface area contributed by atoms with Gasteiger partial charge in [0.1, 0.15) is 11.6 Å². The van der Waals surface area contributed by atoms with Crippen molar-refractivity contribution < 1.29 is 13.6 Å². The van der Waals surface area contributed by atoms with Gasteiger partial charge in [0.15, 0.2) is 0 Å². The van der Waals surface area contributed by atoms with Gasteiger partial charge < -0.3 is 11.1 Å². The Morgan fingerprint density at radius 3 is 2.56 bits per heavy atom. The fourth-order valence-electron chi connectivity index (χ4n) is 1.13. The maximum absolute atomic E-state index is 13.2. The third-order valence-electron chi connectivity index (χ3n) is 2.00. The molecule has 0 unspecified atom stereocenters. The van der Waals surface area contributed by atoms with Crippen molar-refractivity contribution in [3.63, 3.8) is 0 Å². The quantitative estimate of drug-likeness (QED) is 0.777. The molecule has 0 atom stereocenters. The monoisotopic (exact) mass is 228 g/mol. The predicted molar refractivity (Wildman–Crippen MR) is 57.9 cm³/mol. The first-order chi connectivity index (χ1) is 7.41. The van der Waals surface area contributed by atoms with Crippen LogP contribution in [0.2, 0.25) is 0 Å². The molecule has 88 valence electrons. The number of nitrogen functional groups attached to an aromatic ring is 1. The van der Waals surface area contributed by atoms with Crippen LogP contribution in [0.25, 0.3) is 0 Å². The van der Waals surface area contributed by atoms with Crippen LogP contribution < -0.4 is 11.1 Å². The highest BCUT2D eigenvalue weighted by Crippen LogP contribution is 2.16. The number of carbonyl (C=O) groups excluding carboxylic acids is 1. The summed E-state index contributed by atoms with van der Waals surface area (Å²) < 4.78 is 26.1. The second kappa shape index (κ2) is 4.92. The van der Waals surface area contributed by atoms with Gasteiger partial charge in [-0.3, -0.25) is 4.79 Å². The van der Waals surface area contributed by atoms with Crippen molar-refractivity contribution in [3.8, 4) is 0 Å². The Labute approximate surface area is 92.6 Å². The summed E-state index contributed by atoms with van der Waals surface area (Å²) in [7, 11) is 0. The number of amides is 1. The van der Waals surface area contributed by atoms with Gasteiger partial charge in [0, 0.05) is 12.6 Å². The van der Waals surface area contributed by atoms with Gasteiger partial charge in [-0.1, -0.05) is 13.8 Å². The number of anilines is 1. The molecule has 16 heavy (non-hydrogen) atoms. The third kappa shape index (κ3) is 2.92. The molecule has 0 spiro atoms. The lowest BCUT2D eigenvalue weighted by Gasteiger charge is -2.09. The van der Waals surface area contributed by atoms with Gasteiger partial charge in [-0.05, 0) is 12.0 Å². The summed E-state index contributed by atoms with van der Waals surface area (Å²) >= 11 is 0. The van der Waals surface area contributed by atoms with Gasteiger partial charge in [0.25, 0.3) is 5.91 Å². The first-order valence-electron chi connectivity index (χ1n) is 4.94. The normalized spacial score (nSPS) is 10.6. The summed E-state index contributed by atoms with van der Waals surface area (Å²) in [5.41, 5.74) is 4.79. The standard InChI is InChI=1S/C11H14F2N2O/c1-6(2)5-15-11(16)7-3-10(14)9(13)4-8(7)12/h3-4,6H,5,14H2,1-2H3,(H,15,16). The first-order valence-corrected chi connectivity index (χ1v) is 4.94. The summed E-state index contributed by atoms with van der Waals surface area (Å²) in [6.45, 7) is 4.25. The van der Waals surface area contributed by atoms with Gasteiger partial charge in [-0.25, -0.2) is 8.78 Å². The van der Waals surface area contributed by atoms with Crippen molar-refractivity contribution in [2.75, 3.05) is 12.3 Å². The molecule has 0 saturated carbocycles. The van der Waals surface area contributed by atoms with Gasteiger partial charge >= 0.3 is 0 Å². The molecule has 5 heteroatoms. The van der Waals surface area contributed by atoms with E-state index in [0.717, 1.165) is 6.07 Å². The fraction of sp³-hybridized carbons (Fsp3) is 0.364. The molecule has 1 aromatic rings. The highest BCUT2D eigenvalue weighted by molar-refractivity contribution is 5.95. The van der Waals surface area contributed by atoms with E-state index in [-0.39, 0.29) is 17.2 Å². The topological polar surface area (TPSA) is 55.1 Å². The molecular weight excluding hydrogens is 214 g/mol. The highest BCUT2D eigenvalue weighted by Gasteiger charge is 2.14. The van der Waals surface area contributed by atoms with E-state index in [2.05, 4.69) is 5.32 Å². The van der Waals surface area contributed by atoms with Crippen LogP contribution in [0.1, 0.15) is 24.2 Å². The number of benzene rings is 1. The van der Waals surface area contributed by atoms with Crippen molar-refractivity contribution >= 4 is 11.6 Å². The number of hydrogen-bond acceptors (Lipinski definition) is 2. The number of hydrogen-bond donors (Lipinski definition) is 2. The molecule has 0 saturated heterocycles. The predicted octanol–water partition coefficient (Wildman–Crippen LogP) is 1.93. The summed E-state index contributed by atoms with van der Waals surface area (Å²) in [4.78, 5) is 11.5. The number of carbonyl (C=O) groups is 1. The largest absolute Gasteiger partial charge is 0.396 e. The molecular formula is C11H14F2N2O. The Balaban J connectivity index is 2.87. The molecule has 1 rings (SSSR count). The molecule has 0 fully saturated rings. The van der Waals surface area contributed by atoms with E-state index in [9.17, 15) is 13.6 Å². The third-order valence-corrected chi connectivity index (χ3v) is 2.00. The van der Waals surface area contributed by atoms with E-state index in [1.54, 1.807) is 0 Å². The number of halogens is 2. The molecule has 0 aliphatic heterocycles. The zero-order valence-corrected chi connectivity index (χ0v) is 9.18. The number of rotatable bonds is 3. The van der Waals surface area contributed by atoms with Crippen LogP contribution in [0.5, 0.6) is 0 Å². The van der Waals surface area contributed by atoms with E-state index in [1.807, 2.05) is 13.8 Å². The van der Waals surface area contributed by atoms with Crippen LogP contribution in [0.15, 0.2) is 12.1 Å². The summed E-state index contributed by atoms with van der Waals surface area (Å²) in [5.74, 6) is -2.10. The smallest absolute Gasteiger partial charge is 0.254 e. The molecule has 0 aliphatic carbocycles. The van der Waals surface area contributed by atoms with Gasteiger partial charge in [-0.2, -0.15) is 0 Å². The lowest BCUT2D eigenvalue weighted by molar-refractivity contribution is 0.0945. The molecule has 0 radical (unpaired) electrons. The Kier molecular flexibility index (Phi) is 3.82. The number of nitrogens with one attached hydrogen (secondary N) is 1. The molecule has 0 heterocycles. The molecule has 1 amide bonds. The summed E-state index contributed by atoms with van der Waals surface area (Å²) in [6, 6.07) is 1.61. The molecule has 1 aromatic carbocycles. The van der Waals surface area contributed by atoms with Crippen LogP contribution in [0.3, 0.4) is 0 Å². The Morgan fingerprint density at radius 2 is 2.00 bits per heavy atom. The van der Waals surface area contributed by atoms with E-state index in [0.29, 0.717) is 12.6 Å². The van der Waals surface area contributed by atoms with Gasteiger partial charge in [0.05, 0.1) is 11.3 Å². The van der Waals surface area contributed by atoms with E-state index in [1.165, 1.54) is 0 Å². The van der Waals surface area contributed by atoms with Gasteiger partial charge in [-0.15, -0.1) is 0 Å². The fourth-order valence-corrected chi connectivity index (χ4v) is 1.13. The van der Waals surface area contributed by atoms with Crippen molar-refractivity contribution in [2.45, 2.75) is 13.8 Å². The maximum Gasteiger partial charge on any atom is 0.254 e. The van der Waals surface area contributed by atoms with Crippen LogP contribution in [-0.2, 0) is 0 Å². The molecule has 3 N–H and O–H groups in total. The van der Waals surface area contributed by atoms with Crippen LogP contribution in [0, 0.1) is 17.6 Å². The molecule has 0 bridgehead atoms. The van der Waals surface area contributed by atoms with Crippen molar-refractivity contribution in [3.05, 3.63) is 29.3 Å². The maximum atomic E-state index is 13.2. The Morgan fingerprint density at radius 1 is 1.38 bits per heavy atom. The lowest BCUT2D eigenvalue weighted by atomic mass is 10.1. The van der Waals surface area contributed by atoms with Crippen molar-refractivity contribution in [2.24, 2.45) is 5.92 Å². The minimum Gasteiger partial charge on any atom is -0.396 e. The Hall–Kier alpha value is -1.65. The van der Waals surface area contributed by atoms with Crippen LogP contribution >= 0.6 is 0 Å². The van der Waals surface area contributed by atoms with E-state index >= 15 is 0 Å². The summed E-state index contributed by atoms with van der Waals surface area (Å²) in [5, 5.41) is 2.53. The summed E-state index contributed by atoms with van der Waals surface area (Å²) in [6.07, 6.45) is 0. The highest BCUT2D eigenvalue weighted by atomic mass is 19.1. The minimum absolute atomic E-state index is 0.237. The first kappa shape index (κ1) is 12.4. The van der Waals surface area contributed by atoms with Crippen molar-refractivity contribution in [1.82, 2.24) is 5.32 Å². The minimum atomic E-state index is -0.909. The van der Waals surface area contributed by atoms with Gasteiger partial charge in [0.2, 0.25) is 0 Å². The average molecular weight is 228 g/mol. The zero-order chi connectivity index (χ0) is 12.3. The Bertz CT molecular complexity index is 405. The zero-order valence-electron chi connectivity index (χ0n) is 9.18. The second-order valence-electron chi connectivity index (χ2n) is 3.96. The van der Waals surface area contributed by atoms with E-state index in [4.69, 9.17) is 5.73 Å². The van der Waals surface area contributed by atoms with Crippen molar-refractivity contribution in [1.29, 1.82) is 0 Å². The second-order valence-corrected chi connectivity index (χ2v) is 3.96.